The number of methoxy groups -OCH3 is 2. The van der Waals surface area contributed by atoms with Crippen molar-refractivity contribution in [3.63, 3.8) is 0 Å². The molecule has 2 atom stereocenters. The van der Waals surface area contributed by atoms with Gasteiger partial charge in [0, 0.05) is 23.7 Å². The molecule has 1 aliphatic rings. The summed E-state index contributed by atoms with van der Waals surface area (Å²) in [6.45, 7) is 4.14. The van der Waals surface area contributed by atoms with Crippen molar-refractivity contribution >= 4 is 23.0 Å². The molecule has 29 heavy (non-hydrogen) atoms. The van der Waals surface area contributed by atoms with Crippen molar-refractivity contribution in [2.24, 2.45) is 0 Å². The molecule has 2 aromatic heterocycles. The van der Waals surface area contributed by atoms with Crippen LogP contribution in [0.5, 0.6) is 11.5 Å². The number of H-pyrrole nitrogens is 1. The summed E-state index contributed by atoms with van der Waals surface area (Å²) in [4.78, 5) is 10.1. The van der Waals surface area contributed by atoms with Crippen LogP contribution in [0, 0.1) is 13.8 Å². The maximum Gasteiger partial charge on any atom is 0.174 e. The Morgan fingerprint density at radius 2 is 1.90 bits per heavy atom. The Morgan fingerprint density at radius 3 is 2.52 bits per heavy atom. The fourth-order valence-corrected chi connectivity index (χ4v) is 4.31. The zero-order valence-corrected chi connectivity index (χ0v) is 17.7. The number of nitrogens with zero attached hydrogens (tertiary/aromatic N) is 2. The Morgan fingerprint density at radius 1 is 1.07 bits per heavy atom. The third kappa shape index (κ3) is 3.42. The highest BCUT2D eigenvalue weighted by Gasteiger charge is 2.42. The number of benzene rings is 1. The molecule has 7 heteroatoms. The molecule has 0 amide bonds. The largest absolute Gasteiger partial charge is 0.497 e. The minimum Gasteiger partial charge on any atom is -0.497 e. The topological polar surface area (TPSA) is 62.4 Å². The van der Waals surface area contributed by atoms with E-state index in [1.165, 1.54) is 0 Å². The monoisotopic (exact) mass is 408 g/mol. The van der Waals surface area contributed by atoms with E-state index in [0.29, 0.717) is 5.11 Å². The minimum absolute atomic E-state index is 0.0941. The molecule has 0 aliphatic carbocycles. The van der Waals surface area contributed by atoms with E-state index in [-0.39, 0.29) is 12.1 Å². The highest BCUT2D eigenvalue weighted by Crippen LogP contribution is 2.46. The highest BCUT2D eigenvalue weighted by atomic mass is 32.1. The van der Waals surface area contributed by atoms with Gasteiger partial charge in [-0.05, 0) is 62.0 Å². The van der Waals surface area contributed by atoms with Crippen LogP contribution in [0.4, 0.5) is 5.69 Å². The number of hydrogen-bond acceptors (Lipinski definition) is 4. The highest BCUT2D eigenvalue weighted by molar-refractivity contribution is 7.80. The summed E-state index contributed by atoms with van der Waals surface area (Å²) in [6.07, 6.45) is 1.81. The van der Waals surface area contributed by atoms with Crippen molar-refractivity contribution in [1.29, 1.82) is 0 Å². The lowest BCUT2D eigenvalue weighted by molar-refractivity contribution is 0.403. The number of aryl methyl sites for hydroxylation is 2. The number of aromatic amines is 1. The Labute approximate surface area is 175 Å². The van der Waals surface area contributed by atoms with Crippen molar-refractivity contribution in [1.82, 2.24) is 15.3 Å². The Hall–Kier alpha value is -3.06. The summed E-state index contributed by atoms with van der Waals surface area (Å²) < 4.78 is 11.1. The van der Waals surface area contributed by atoms with Gasteiger partial charge in [0.1, 0.15) is 11.5 Å². The molecule has 1 aromatic carbocycles. The number of nitrogens with one attached hydrogen (secondary N) is 2. The molecule has 2 N–H and O–H groups in total. The molecule has 4 rings (SSSR count). The lowest BCUT2D eigenvalue weighted by Gasteiger charge is -2.29. The molecule has 6 nitrogen and oxygen atoms in total. The number of thiocarbonyl (C=S) groups is 1. The molecule has 1 aliphatic heterocycles. The fourth-order valence-electron chi connectivity index (χ4n) is 3.97. The first kappa shape index (κ1) is 19.3. The number of hydrogen-bond donors (Lipinski definition) is 2. The summed E-state index contributed by atoms with van der Waals surface area (Å²) >= 11 is 5.79. The average molecular weight is 409 g/mol. The van der Waals surface area contributed by atoms with Gasteiger partial charge in [-0.3, -0.25) is 4.98 Å². The molecular weight excluding hydrogens is 384 g/mol. The molecule has 3 heterocycles. The van der Waals surface area contributed by atoms with Gasteiger partial charge in [0.15, 0.2) is 5.11 Å². The SMILES string of the molecule is COc1ccc(OC)c(N2C(=S)N[C@@H](c3ccccn3)[C@@H]2c2cc(C)[nH]c2C)c1. The van der Waals surface area contributed by atoms with Crippen molar-refractivity contribution < 1.29 is 9.47 Å². The van der Waals surface area contributed by atoms with Crippen LogP contribution in [0.25, 0.3) is 0 Å². The van der Waals surface area contributed by atoms with Crippen molar-refractivity contribution in [3.8, 4) is 11.5 Å². The van der Waals surface area contributed by atoms with E-state index in [1.807, 2.05) is 36.4 Å². The van der Waals surface area contributed by atoms with Crippen LogP contribution >= 0.6 is 12.2 Å². The van der Waals surface area contributed by atoms with Gasteiger partial charge in [0.05, 0.1) is 37.7 Å². The van der Waals surface area contributed by atoms with Crippen LogP contribution in [0.15, 0.2) is 48.7 Å². The van der Waals surface area contributed by atoms with Crippen LogP contribution in [0.3, 0.4) is 0 Å². The van der Waals surface area contributed by atoms with E-state index in [4.69, 9.17) is 21.7 Å². The van der Waals surface area contributed by atoms with Crippen molar-refractivity contribution in [2.45, 2.75) is 25.9 Å². The molecule has 0 radical (unpaired) electrons. The van der Waals surface area contributed by atoms with Gasteiger partial charge in [-0.1, -0.05) is 6.07 Å². The predicted molar refractivity (Wildman–Crippen MR) is 118 cm³/mol. The molecule has 3 aromatic rings. The lowest BCUT2D eigenvalue weighted by atomic mass is 9.96. The van der Waals surface area contributed by atoms with E-state index in [0.717, 1.165) is 39.8 Å². The van der Waals surface area contributed by atoms with Crippen LogP contribution in [0.1, 0.15) is 34.7 Å². The molecule has 150 valence electrons. The van der Waals surface area contributed by atoms with Crippen molar-refractivity contribution in [3.05, 3.63) is 71.3 Å². The number of ether oxygens (including phenoxy) is 2. The van der Waals surface area contributed by atoms with E-state index < -0.39 is 0 Å². The normalized spacial score (nSPS) is 18.6. The van der Waals surface area contributed by atoms with E-state index in [1.54, 1.807) is 20.4 Å². The molecule has 0 saturated carbocycles. The van der Waals surface area contributed by atoms with Crippen LogP contribution < -0.4 is 19.7 Å². The number of pyridine rings is 1. The Kier molecular flexibility index (Phi) is 5.15. The van der Waals surface area contributed by atoms with Crippen molar-refractivity contribution in [2.75, 3.05) is 19.1 Å². The van der Waals surface area contributed by atoms with Gasteiger partial charge in [-0.2, -0.15) is 0 Å². The zero-order valence-electron chi connectivity index (χ0n) is 16.9. The average Bonchev–Trinajstić information content (AvgIpc) is 3.25. The molecule has 1 saturated heterocycles. The molecule has 0 bridgehead atoms. The molecular formula is C22H24N4O2S. The number of rotatable bonds is 5. The summed E-state index contributed by atoms with van der Waals surface area (Å²) in [7, 11) is 3.31. The minimum atomic E-state index is -0.103. The van der Waals surface area contributed by atoms with E-state index in [9.17, 15) is 0 Å². The summed E-state index contributed by atoms with van der Waals surface area (Å²) in [5.74, 6) is 1.47. The smallest absolute Gasteiger partial charge is 0.174 e. The molecule has 0 unspecified atom stereocenters. The summed E-state index contributed by atoms with van der Waals surface area (Å²) in [5.41, 5.74) is 5.16. The first-order chi connectivity index (χ1) is 14.0. The van der Waals surface area contributed by atoms with Gasteiger partial charge in [-0.25, -0.2) is 0 Å². The second-order valence-electron chi connectivity index (χ2n) is 7.07. The standard InChI is InChI=1S/C22H24N4O2S/c1-13-11-16(14(2)24-13)21-20(17-7-5-6-10-23-17)25-22(29)26(21)18-12-15(27-3)8-9-19(18)28-4/h5-12,20-21,24H,1-4H3,(H,25,29)/t20-,21-/m0/s1. The predicted octanol–water partition coefficient (Wildman–Crippen LogP) is 4.22. The maximum absolute atomic E-state index is 5.79. The van der Waals surface area contributed by atoms with E-state index in [2.05, 4.69) is 40.1 Å². The first-order valence-corrected chi connectivity index (χ1v) is 9.83. The zero-order chi connectivity index (χ0) is 20.5. The van der Waals surface area contributed by atoms with Gasteiger partial charge < -0.3 is 24.7 Å². The third-order valence-electron chi connectivity index (χ3n) is 5.25. The Bertz CT molecular complexity index is 1030. The maximum atomic E-state index is 5.79. The molecule has 0 spiro atoms. The number of aromatic nitrogens is 2. The second-order valence-corrected chi connectivity index (χ2v) is 7.45. The Balaban J connectivity index is 1.90. The summed E-state index contributed by atoms with van der Waals surface area (Å²) in [6, 6.07) is 13.6. The quantitative estimate of drug-likeness (QED) is 0.617. The second kappa shape index (κ2) is 7.75. The third-order valence-corrected chi connectivity index (χ3v) is 5.57. The fraction of sp³-hybridized carbons (Fsp3) is 0.273. The molecule has 1 fully saturated rings. The van der Waals surface area contributed by atoms with Gasteiger partial charge in [0.2, 0.25) is 0 Å². The van der Waals surface area contributed by atoms with Crippen LogP contribution in [-0.4, -0.2) is 29.3 Å². The number of anilines is 1. The summed E-state index contributed by atoms with van der Waals surface area (Å²) in [5, 5.41) is 4.10. The van der Waals surface area contributed by atoms with Crippen LogP contribution in [0.2, 0.25) is 0 Å². The van der Waals surface area contributed by atoms with E-state index >= 15 is 0 Å². The van der Waals surface area contributed by atoms with Gasteiger partial charge >= 0.3 is 0 Å². The first-order valence-electron chi connectivity index (χ1n) is 9.42. The van der Waals surface area contributed by atoms with Crippen LogP contribution in [-0.2, 0) is 0 Å². The van der Waals surface area contributed by atoms with Gasteiger partial charge in [0.25, 0.3) is 0 Å². The van der Waals surface area contributed by atoms with Gasteiger partial charge in [-0.15, -0.1) is 0 Å². The lowest BCUT2D eigenvalue weighted by Crippen LogP contribution is -2.30.